The van der Waals surface area contributed by atoms with Gasteiger partial charge in [-0.3, -0.25) is 14.9 Å². The van der Waals surface area contributed by atoms with Crippen molar-refractivity contribution in [3.8, 4) is 5.69 Å². The predicted octanol–water partition coefficient (Wildman–Crippen LogP) is 4.91. The lowest BCUT2D eigenvalue weighted by Crippen LogP contribution is -2.54. The van der Waals surface area contributed by atoms with E-state index in [0.29, 0.717) is 11.4 Å². The maximum Gasteiger partial charge on any atom is 0.335 e. The summed E-state index contributed by atoms with van der Waals surface area (Å²) in [6.45, 7) is 3.86. The van der Waals surface area contributed by atoms with Gasteiger partial charge in [0.25, 0.3) is 11.8 Å². The van der Waals surface area contributed by atoms with Crippen LogP contribution in [0.5, 0.6) is 0 Å². The van der Waals surface area contributed by atoms with Crippen LogP contribution in [-0.2, 0) is 9.59 Å². The van der Waals surface area contributed by atoms with Crippen LogP contribution in [0.2, 0.25) is 0 Å². The van der Waals surface area contributed by atoms with E-state index in [1.807, 2.05) is 85.3 Å². The van der Waals surface area contributed by atoms with Crippen LogP contribution in [0.1, 0.15) is 16.8 Å². The molecule has 6 heteroatoms. The van der Waals surface area contributed by atoms with Gasteiger partial charge in [0.1, 0.15) is 5.57 Å². The molecular weight excluding hydrogens is 414 g/mol. The average molecular weight is 435 g/mol. The smallest absolute Gasteiger partial charge is 0.317 e. The Bertz CT molecular complexity index is 1480. The van der Waals surface area contributed by atoms with E-state index in [4.69, 9.17) is 0 Å². The zero-order chi connectivity index (χ0) is 23.1. The standard InChI is InChI=1S/C27H21N3O3/c1-17-9-11-23(14-18(17)2)30-26(32)24(25(31)28-27(30)33)16-21-8-5-13-29(21)22-12-10-19-6-3-4-7-20(19)15-22/h3-16H,1-2H3,(H,28,31,33)/b24-16+. The topological polar surface area (TPSA) is 71.4 Å². The highest BCUT2D eigenvalue weighted by molar-refractivity contribution is 6.39. The van der Waals surface area contributed by atoms with Crippen molar-refractivity contribution in [2.24, 2.45) is 0 Å². The Morgan fingerprint density at radius 1 is 0.758 bits per heavy atom. The van der Waals surface area contributed by atoms with Crippen LogP contribution < -0.4 is 10.2 Å². The molecule has 0 radical (unpaired) electrons. The molecule has 4 aromatic rings. The summed E-state index contributed by atoms with van der Waals surface area (Å²) in [6.07, 6.45) is 3.39. The van der Waals surface area contributed by atoms with Gasteiger partial charge in [0.2, 0.25) is 0 Å². The van der Waals surface area contributed by atoms with E-state index in [0.717, 1.165) is 32.5 Å². The number of aryl methyl sites for hydroxylation is 2. The first-order valence-electron chi connectivity index (χ1n) is 10.6. The SMILES string of the molecule is Cc1ccc(N2C(=O)NC(=O)/C(=C\c3cccn3-c3ccc4ccccc4c3)C2=O)cc1C. The normalized spacial score (nSPS) is 15.4. The molecule has 1 aliphatic rings. The minimum atomic E-state index is -0.754. The molecular formula is C27H21N3O3. The van der Waals surface area contributed by atoms with Gasteiger partial charge in [0, 0.05) is 17.6 Å². The van der Waals surface area contributed by atoms with Crippen molar-refractivity contribution in [3.05, 3.63) is 101 Å². The van der Waals surface area contributed by atoms with Gasteiger partial charge in [-0.25, -0.2) is 9.69 Å². The summed E-state index contributed by atoms with van der Waals surface area (Å²) in [7, 11) is 0. The lowest BCUT2D eigenvalue weighted by Gasteiger charge is -2.27. The van der Waals surface area contributed by atoms with E-state index in [9.17, 15) is 14.4 Å². The molecule has 33 heavy (non-hydrogen) atoms. The molecule has 1 aromatic heterocycles. The summed E-state index contributed by atoms with van der Waals surface area (Å²) in [5, 5.41) is 4.49. The maximum absolute atomic E-state index is 13.3. The van der Waals surface area contributed by atoms with Crippen molar-refractivity contribution >= 4 is 40.4 Å². The fourth-order valence-corrected chi connectivity index (χ4v) is 3.98. The molecule has 0 atom stereocenters. The Labute approximate surface area is 190 Å². The van der Waals surface area contributed by atoms with Crippen LogP contribution in [0, 0.1) is 13.8 Å². The quantitative estimate of drug-likeness (QED) is 0.367. The number of hydrogen-bond acceptors (Lipinski definition) is 3. The number of fused-ring (bicyclic) bond motifs is 1. The number of hydrogen-bond donors (Lipinski definition) is 1. The third kappa shape index (κ3) is 3.61. The van der Waals surface area contributed by atoms with Crippen molar-refractivity contribution in [1.82, 2.24) is 9.88 Å². The highest BCUT2D eigenvalue weighted by atomic mass is 16.2. The molecule has 4 amide bonds. The molecule has 3 aromatic carbocycles. The Morgan fingerprint density at radius 2 is 1.52 bits per heavy atom. The van der Waals surface area contributed by atoms with Crippen molar-refractivity contribution in [3.63, 3.8) is 0 Å². The van der Waals surface area contributed by atoms with Gasteiger partial charge in [0.15, 0.2) is 0 Å². The third-order valence-electron chi connectivity index (χ3n) is 5.93. The van der Waals surface area contributed by atoms with Gasteiger partial charge in [-0.1, -0.05) is 36.4 Å². The summed E-state index contributed by atoms with van der Waals surface area (Å²) in [4.78, 5) is 39.4. The minimum absolute atomic E-state index is 0.103. The van der Waals surface area contributed by atoms with Crippen LogP contribution in [0.25, 0.3) is 22.5 Å². The van der Waals surface area contributed by atoms with Crippen LogP contribution in [0.15, 0.2) is 84.6 Å². The molecule has 1 aliphatic heterocycles. The molecule has 1 fully saturated rings. The summed E-state index contributed by atoms with van der Waals surface area (Å²) in [5.74, 6) is -1.37. The van der Waals surface area contributed by atoms with Crippen LogP contribution >= 0.6 is 0 Å². The van der Waals surface area contributed by atoms with E-state index in [2.05, 4.69) is 5.32 Å². The number of aromatic nitrogens is 1. The lowest BCUT2D eigenvalue weighted by molar-refractivity contribution is -0.122. The number of anilines is 1. The van der Waals surface area contributed by atoms with E-state index >= 15 is 0 Å². The number of nitrogens with one attached hydrogen (secondary N) is 1. The Balaban J connectivity index is 1.55. The van der Waals surface area contributed by atoms with Crippen molar-refractivity contribution in [1.29, 1.82) is 0 Å². The van der Waals surface area contributed by atoms with E-state index in [1.165, 1.54) is 6.08 Å². The number of nitrogens with zero attached hydrogens (tertiary/aromatic N) is 2. The van der Waals surface area contributed by atoms with Gasteiger partial charge in [-0.15, -0.1) is 0 Å². The molecule has 162 valence electrons. The summed E-state index contributed by atoms with van der Waals surface area (Å²) in [5.41, 5.74) is 3.86. The predicted molar refractivity (Wildman–Crippen MR) is 128 cm³/mol. The third-order valence-corrected chi connectivity index (χ3v) is 5.93. The Morgan fingerprint density at radius 3 is 2.30 bits per heavy atom. The second-order valence-electron chi connectivity index (χ2n) is 8.06. The molecule has 2 heterocycles. The molecule has 6 nitrogen and oxygen atoms in total. The van der Waals surface area contributed by atoms with Gasteiger partial charge in [0.05, 0.1) is 5.69 Å². The number of barbiturate groups is 1. The zero-order valence-corrected chi connectivity index (χ0v) is 18.2. The molecule has 0 unspecified atom stereocenters. The zero-order valence-electron chi connectivity index (χ0n) is 18.2. The summed E-state index contributed by atoms with van der Waals surface area (Å²) < 4.78 is 1.90. The maximum atomic E-state index is 13.3. The molecule has 0 bridgehead atoms. The van der Waals surface area contributed by atoms with E-state index in [1.54, 1.807) is 12.1 Å². The second-order valence-corrected chi connectivity index (χ2v) is 8.06. The number of carbonyl (C=O) groups excluding carboxylic acids is 3. The van der Waals surface area contributed by atoms with Gasteiger partial charge in [-0.05, 0) is 78.2 Å². The molecule has 0 aliphatic carbocycles. The molecule has 0 saturated carbocycles. The number of benzene rings is 3. The lowest BCUT2D eigenvalue weighted by atomic mass is 10.1. The van der Waals surface area contributed by atoms with Crippen LogP contribution in [-0.4, -0.2) is 22.4 Å². The molecule has 1 saturated heterocycles. The van der Waals surface area contributed by atoms with Crippen molar-refractivity contribution in [2.45, 2.75) is 13.8 Å². The minimum Gasteiger partial charge on any atom is -0.317 e. The number of carbonyl (C=O) groups is 3. The van der Waals surface area contributed by atoms with Crippen molar-refractivity contribution in [2.75, 3.05) is 4.90 Å². The number of rotatable bonds is 3. The van der Waals surface area contributed by atoms with Crippen molar-refractivity contribution < 1.29 is 14.4 Å². The number of urea groups is 1. The first kappa shape index (κ1) is 20.5. The molecule has 5 rings (SSSR count). The Kier molecular flexibility index (Phi) is 4.90. The molecule has 1 N–H and O–H groups in total. The average Bonchev–Trinajstić information content (AvgIpc) is 3.27. The van der Waals surface area contributed by atoms with Crippen LogP contribution in [0.3, 0.4) is 0 Å². The largest absolute Gasteiger partial charge is 0.335 e. The highest BCUT2D eigenvalue weighted by Crippen LogP contribution is 2.26. The fourth-order valence-electron chi connectivity index (χ4n) is 3.98. The first-order chi connectivity index (χ1) is 15.9. The number of imide groups is 2. The van der Waals surface area contributed by atoms with Crippen LogP contribution in [0.4, 0.5) is 10.5 Å². The first-order valence-corrected chi connectivity index (χ1v) is 10.6. The second kappa shape index (κ2) is 7.91. The highest BCUT2D eigenvalue weighted by Gasteiger charge is 2.37. The number of amides is 4. The van der Waals surface area contributed by atoms with E-state index < -0.39 is 17.8 Å². The Hall–Kier alpha value is -4.45. The summed E-state index contributed by atoms with van der Waals surface area (Å²) in [6, 6.07) is 22.3. The monoisotopic (exact) mass is 435 g/mol. The van der Waals surface area contributed by atoms with Gasteiger partial charge in [-0.2, -0.15) is 0 Å². The summed E-state index contributed by atoms with van der Waals surface area (Å²) >= 11 is 0. The fraction of sp³-hybridized carbons (Fsp3) is 0.0741. The van der Waals surface area contributed by atoms with Gasteiger partial charge >= 0.3 is 6.03 Å². The van der Waals surface area contributed by atoms with E-state index in [-0.39, 0.29) is 5.57 Å². The molecule has 0 spiro atoms. The van der Waals surface area contributed by atoms with Gasteiger partial charge < -0.3 is 4.57 Å².